The maximum absolute atomic E-state index is 13.3. The zero-order chi connectivity index (χ0) is 23.7. The number of aromatic amines is 1. The van der Waals surface area contributed by atoms with Gasteiger partial charge in [0.05, 0.1) is 23.8 Å². The Labute approximate surface area is 198 Å². The number of thioether (sulfide) groups is 1. The number of rotatable bonds is 8. The Bertz CT molecular complexity index is 1370. The number of ketones is 1. The predicted octanol–water partition coefficient (Wildman–Crippen LogP) is 5.39. The number of nitrogens with one attached hydrogen (secondary N) is 1. The van der Waals surface area contributed by atoms with Crippen LogP contribution in [0.15, 0.2) is 45.7 Å². The Morgan fingerprint density at radius 1 is 1.30 bits per heavy atom. The molecule has 0 amide bonds. The third-order valence-corrected chi connectivity index (χ3v) is 7.30. The van der Waals surface area contributed by atoms with E-state index in [1.165, 1.54) is 35.2 Å². The Hall–Kier alpha value is -2.75. The van der Waals surface area contributed by atoms with E-state index in [9.17, 15) is 14.0 Å². The highest BCUT2D eigenvalue weighted by molar-refractivity contribution is 7.99. The maximum atomic E-state index is 13.3. The van der Waals surface area contributed by atoms with Gasteiger partial charge in [0.25, 0.3) is 5.56 Å². The molecule has 0 radical (unpaired) electrons. The van der Waals surface area contributed by atoms with E-state index in [2.05, 4.69) is 21.5 Å². The van der Waals surface area contributed by atoms with E-state index in [1.807, 2.05) is 25.3 Å². The van der Waals surface area contributed by atoms with Crippen LogP contribution in [0.4, 0.5) is 4.39 Å². The molecule has 0 fully saturated rings. The minimum absolute atomic E-state index is 0.0232. The van der Waals surface area contributed by atoms with Gasteiger partial charge >= 0.3 is 0 Å². The zero-order valence-corrected chi connectivity index (χ0v) is 20.4. The smallest absolute Gasteiger partial charge is 0.260 e. The SMILES string of the molecule is COCC(C)n1c(C)cc(C(=O)CSc2nc3scc(-c4ccc(F)cc4)c3c(=O)[nH]2)c1C. The van der Waals surface area contributed by atoms with Gasteiger partial charge in [-0.2, -0.15) is 0 Å². The van der Waals surface area contributed by atoms with Crippen molar-refractivity contribution < 1.29 is 13.9 Å². The summed E-state index contributed by atoms with van der Waals surface area (Å²) < 4.78 is 20.6. The molecule has 1 aromatic carbocycles. The summed E-state index contributed by atoms with van der Waals surface area (Å²) in [6.07, 6.45) is 0. The van der Waals surface area contributed by atoms with Crippen molar-refractivity contribution in [3.63, 3.8) is 0 Å². The Kier molecular flexibility index (Phi) is 6.83. The van der Waals surface area contributed by atoms with Crippen molar-refractivity contribution in [1.29, 1.82) is 0 Å². The molecule has 9 heteroatoms. The third kappa shape index (κ3) is 4.66. The van der Waals surface area contributed by atoms with Gasteiger partial charge in [-0.05, 0) is 44.5 Å². The Balaban J connectivity index is 1.55. The van der Waals surface area contributed by atoms with Crippen LogP contribution in [-0.4, -0.2) is 39.8 Å². The molecular formula is C24H24FN3O3S2. The highest BCUT2D eigenvalue weighted by atomic mass is 32.2. The minimum atomic E-state index is -0.331. The number of carbonyl (C=O) groups excluding carboxylic acids is 1. The van der Waals surface area contributed by atoms with Gasteiger partial charge in [-0.15, -0.1) is 11.3 Å². The number of carbonyl (C=O) groups is 1. The lowest BCUT2D eigenvalue weighted by atomic mass is 10.1. The number of H-pyrrole nitrogens is 1. The molecule has 0 aliphatic heterocycles. The molecule has 6 nitrogen and oxygen atoms in total. The molecule has 0 spiro atoms. The number of thiophene rings is 1. The van der Waals surface area contributed by atoms with E-state index < -0.39 is 0 Å². The molecule has 0 saturated heterocycles. The van der Waals surface area contributed by atoms with E-state index in [-0.39, 0.29) is 29.0 Å². The molecule has 172 valence electrons. The van der Waals surface area contributed by atoms with Crippen LogP contribution in [0.1, 0.15) is 34.7 Å². The van der Waals surface area contributed by atoms with Gasteiger partial charge in [-0.3, -0.25) is 9.59 Å². The number of methoxy groups -OCH3 is 1. The van der Waals surface area contributed by atoms with E-state index in [0.29, 0.717) is 33.1 Å². The lowest BCUT2D eigenvalue weighted by Gasteiger charge is -2.17. The number of hydrogen-bond donors (Lipinski definition) is 1. The molecule has 4 rings (SSSR count). The zero-order valence-electron chi connectivity index (χ0n) is 18.8. The van der Waals surface area contributed by atoms with Crippen molar-refractivity contribution in [2.45, 2.75) is 32.0 Å². The summed E-state index contributed by atoms with van der Waals surface area (Å²) in [5.74, 6) is -0.194. The predicted molar refractivity (Wildman–Crippen MR) is 131 cm³/mol. The molecular weight excluding hydrogens is 461 g/mol. The van der Waals surface area contributed by atoms with Crippen molar-refractivity contribution in [2.24, 2.45) is 0 Å². The number of benzene rings is 1. The topological polar surface area (TPSA) is 77.0 Å². The van der Waals surface area contributed by atoms with E-state index in [1.54, 1.807) is 19.2 Å². The first-order valence-electron chi connectivity index (χ1n) is 10.4. The first-order chi connectivity index (χ1) is 15.8. The van der Waals surface area contributed by atoms with Gasteiger partial charge in [0.15, 0.2) is 10.9 Å². The number of halogens is 1. The first kappa shape index (κ1) is 23.4. The third-order valence-electron chi connectivity index (χ3n) is 5.55. The van der Waals surface area contributed by atoms with Crippen LogP contribution in [0.5, 0.6) is 0 Å². The molecule has 0 aliphatic carbocycles. The van der Waals surface area contributed by atoms with Crippen molar-refractivity contribution in [3.8, 4) is 11.1 Å². The van der Waals surface area contributed by atoms with Gasteiger partial charge in [-0.1, -0.05) is 23.9 Å². The van der Waals surface area contributed by atoms with Gasteiger partial charge in [-0.25, -0.2) is 9.37 Å². The quantitative estimate of drug-likeness (QED) is 0.206. The van der Waals surface area contributed by atoms with Crippen LogP contribution in [0.3, 0.4) is 0 Å². The van der Waals surface area contributed by atoms with Gasteiger partial charge in [0.2, 0.25) is 0 Å². The number of hydrogen-bond acceptors (Lipinski definition) is 6. The lowest BCUT2D eigenvalue weighted by molar-refractivity contribution is 0.102. The monoisotopic (exact) mass is 485 g/mol. The van der Waals surface area contributed by atoms with Crippen molar-refractivity contribution >= 4 is 39.1 Å². The van der Waals surface area contributed by atoms with Crippen LogP contribution in [0.25, 0.3) is 21.3 Å². The summed E-state index contributed by atoms with van der Waals surface area (Å²) in [5.41, 5.74) is 3.77. The minimum Gasteiger partial charge on any atom is -0.383 e. The summed E-state index contributed by atoms with van der Waals surface area (Å²) in [5, 5.41) is 2.71. The second-order valence-corrected chi connectivity index (χ2v) is 9.70. The number of fused-ring (bicyclic) bond motifs is 1. The second kappa shape index (κ2) is 9.62. The molecule has 0 aliphatic rings. The molecule has 3 heterocycles. The highest BCUT2D eigenvalue weighted by Crippen LogP contribution is 2.32. The summed E-state index contributed by atoms with van der Waals surface area (Å²) in [6.45, 7) is 6.53. The molecule has 0 saturated carbocycles. The lowest BCUT2D eigenvalue weighted by Crippen LogP contribution is -2.15. The Morgan fingerprint density at radius 3 is 2.73 bits per heavy atom. The number of Topliss-reactive ketones (excluding diaryl/α,β-unsaturated/α-hetero) is 1. The Morgan fingerprint density at radius 2 is 2.03 bits per heavy atom. The van der Waals surface area contributed by atoms with Crippen molar-refractivity contribution in [2.75, 3.05) is 19.5 Å². The molecule has 1 unspecified atom stereocenters. The molecule has 3 aromatic heterocycles. The number of aromatic nitrogens is 3. The number of nitrogens with zero attached hydrogens (tertiary/aromatic N) is 2. The second-order valence-electron chi connectivity index (χ2n) is 7.88. The molecule has 0 bridgehead atoms. The van der Waals surface area contributed by atoms with Crippen LogP contribution < -0.4 is 5.56 Å². The molecule has 1 N–H and O–H groups in total. The summed E-state index contributed by atoms with van der Waals surface area (Å²) in [4.78, 5) is 33.6. The van der Waals surface area contributed by atoms with Gasteiger partial charge in [0.1, 0.15) is 10.6 Å². The van der Waals surface area contributed by atoms with E-state index >= 15 is 0 Å². The summed E-state index contributed by atoms with van der Waals surface area (Å²) >= 11 is 2.56. The van der Waals surface area contributed by atoms with Crippen LogP contribution >= 0.6 is 23.1 Å². The first-order valence-corrected chi connectivity index (χ1v) is 12.3. The standard InChI is InChI=1S/C24H24FN3O3S2/c1-13-9-18(15(3)28(13)14(2)10-31-4)20(29)12-33-24-26-22(30)21-19(11-32-23(21)27-24)16-5-7-17(25)8-6-16/h5-9,11,14H,10,12H2,1-4H3,(H,26,27,30). The summed E-state index contributed by atoms with van der Waals surface area (Å²) in [7, 11) is 1.66. The number of ether oxygens (including phenoxy) is 1. The fourth-order valence-electron chi connectivity index (χ4n) is 4.10. The van der Waals surface area contributed by atoms with Gasteiger partial charge < -0.3 is 14.3 Å². The maximum Gasteiger partial charge on any atom is 0.260 e. The van der Waals surface area contributed by atoms with E-state index in [4.69, 9.17) is 4.74 Å². The number of aryl methyl sites for hydroxylation is 1. The largest absolute Gasteiger partial charge is 0.383 e. The van der Waals surface area contributed by atoms with Crippen molar-refractivity contribution in [3.05, 3.63) is 68.8 Å². The normalized spacial score (nSPS) is 12.4. The average Bonchev–Trinajstić information content (AvgIpc) is 3.33. The van der Waals surface area contributed by atoms with Crippen molar-refractivity contribution in [1.82, 2.24) is 14.5 Å². The fourth-order valence-corrected chi connectivity index (χ4v) is 5.85. The molecule has 33 heavy (non-hydrogen) atoms. The summed E-state index contributed by atoms with van der Waals surface area (Å²) in [6, 6.07) is 8.03. The highest BCUT2D eigenvalue weighted by Gasteiger charge is 2.20. The van der Waals surface area contributed by atoms with Crippen LogP contribution in [-0.2, 0) is 4.74 Å². The molecule has 1 atom stereocenters. The van der Waals surface area contributed by atoms with Crippen LogP contribution in [0, 0.1) is 19.7 Å². The average molecular weight is 486 g/mol. The fraction of sp³-hybridized carbons (Fsp3) is 0.292. The van der Waals surface area contributed by atoms with Crippen LogP contribution in [0.2, 0.25) is 0 Å². The van der Waals surface area contributed by atoms with Gasteiger partial charge in [0, 0.05) is 35.0 Å². The molecule has 4 aromatic rings. The van der Waals surface area contributed by atoms with E-state index in [0.717, 1.165) is 17.0 Å².